The highest BCUT2D eigenvalue weighted by Crippen LogP contribution is 2.26. The van der Waals surface area contributed by atoms with Gasteiger partial charge >= 0.3 is 0 Å². The molecule has 0 spiro atoms. The number of aromatic nitrogens is 6. The minimum atomic E-state index is 0.366. The van der Waals surface area contributed by atoms with Gasteiger partial charge in [0, 0.05) is 0 Å². The Labute approximate surface area is 122 Å². The van der Waals surface area contributed by atoms with E-state index in [-0.39, 0.29) is 0 Å². The molecular formula is C12H8N6O2S. The van der Waals surface area contributed by atoms with E-state index in [1.54, 1.807) is 24.7 Å². The Morgan fingerprint density at radius 2 is 2.19 bits per heavy atom. The summed E-state index contributed by atoms with van der Waals surface area (Å²) in [6, 6.07) is 3.53. The van der Waals surface area contributed by atoms with Crippen LogP contribution in [0.3, 0.4) is 0 Å². The van der Waals surface area contributed by atoms with Gasteiger partial charge in [-0.05, 0) is 12.1 Å². The third kappa shape index (κ3) is 2.27. The van der Waals surface area contributed by atoms with E-state index < -0.39 is 0 Å². The van der Waals surface area contributed by atoms with E-state index in [9.17, 15) is 0 Å². The maximum Gasteiger partial charge on any atom is 0.283 e. The quantitative estimate of drug-likeness (QED) is 0.452. The summed E-state index contributed by atoms with van der Waals surface area (Å²) in [4.78, 5) is 15.4. The molecule has 0 aliphatic heterocycles. The number of aromatic amines is 1. The second-order valence-corrected chi connectivity index (χ2v) is 5.01. The number of furan rings is 1. The van der Waals surface area contributed by atoms with Crippen molar-refractivity contribution in [2.45, 2.75) is 10.8 Å². The predicted octanol–water partition coefficient (Wildman–Crippen LogP) is 2.29. The van der Waals surface area contributed by atoms with Crippen LogP contribution >= 0.6 is 11.8 Å². The van der Waals surface area contributed by atoms with E-state index in [0.717, 1.165) is 10.5 Å². The van der Waals surface area contributed by atoms with Gasteiger partial charge in [-0.15, -0.1) is 10.2 Å². The van der Waals surface area contributed by atoms with Gasteiger partial charge in [-0.1, -0.05) is 11.8 Å². The predicted molar refractivity (Wildman–Crippen MR) is 73.2 cm³/mol. The molecule has 0 radical (unpaired) electrons. The van der Waals surface area contributed by atoms with Crippen molar-refractivity contribution < 1.29 is 8.83 Å². The van der Waals surface area contributed by atoms with E-state index in [4.69, 9.17) is 8.83 Å². The van der Waals surface area contributed by atoms with E-state index in [2.05, 4.69) is 30.1 Å². The second-order valence-electron chi connectivity index (χ2n) is 4.05. The van der Waals surface area contributed by atoms with Crippen molar-refractivity contribution in [2.75, 3.05) is 0 Å². The van der Waals surface area contributed by atoms with Gasteiger partial charge in [0.2, 0.25) is 5.89 Å². The summed E-state index contributed by atoms with van der Waals surface area (Å²) >= 11 is 1.47. The molecule has 0 bridgehead atoms. The number of nitrogens with zero attached hydrogens (tertiary/aromatic N) is 5. The molecule has 0 aliphatic rings. The fraction of sp³-hybridized carbons (Fsp3) is 0.0833. The molecule has 4 aromatic heterocycles. The average molecular weight is 300 g/mol. The van der Waals surface area contributed by atoms with Crippen molar-refractivity contribution in [3.05, 3.63) is 36.9 Å². The van der Waals surface area contributed by atoms with Gasteiger partial charge in [0.05, 0.1) is 18.3 Å². The molecule has 1 N–H and O–H groups in total. The highest BCUT2D eigenvalue weighted by molar-refractivity contribution is 7.98. The molecule has 0 fully saturated rings. The summed E-state index contributed by atoms with van der Waals surface area (Å²) in [5.74, 6) is 1.91. The van der Waals surface area contributed by atoms with Crippen molar-refractivity contribution in [3.8, 4) is 11.7 Å². The number of rotatable bonds is 4. The van der Waals surface area contributed by atoms with Crippen LogP contribution in [0.25, 0.3) is 22.8 Å². The molecule has 0 saturated carbocycles. The SMILES string of the molecule is c1coc(-c2nnc(CSc3ncnc4nc[nH]c34)o2)c1. The fourth-order valence-electron chi connectivity index (χ4n) is 1.79. The summed E-state index contributed by atoms with van der Waals surface area (Å²) in [5.41, 5.74) is 1.43. The van der Waals surface area contributed by atoms with Gasteiger partial charge in [-0.2, -0.15) is 0 Å². The molecule has 0 unspecified atom stereocenters. The Kier molecular flexibility index (Phi) is 2.89. The first kappa shape index (κ1) is 12.1. The first-order valence-corrected chi connectivity index (χ1v) is 7.02. The lowest BCUT2D eigenvalue weighted by Crippen LogP contribution is -1.87. The highest BCUT2D eigenvalue weighted by atomic mass is 32.2. The van der Waals surface area contributed by atoms with Gasteiger partial charge in [0.15, 0.2) is 11.4 Å². The highest BCUT2D eigenvalue weighted by Gasteiger charge is 2.13. The van der Waals surface area contributed by atoms with Crippen LogP contribution in [0.4, 0.5) is 0 Å². The lowest BCUT2D eigenvalue weighted by atomic mass is 10.5. The Bertz CT molecular complexity index is 869. The van der Waals surface area contributed by atoms with Crippen LogP contribution in [0.2, 0.25) is 0 Å². The van der Waals surface area contributed by atoms with E-state index in [1.807, 2.05) is 0 Å². The minimum absolute atomic E-state index is 0.366. The molecule has 8 nitrogen and oxygen atoms in total. The minimum Gasteiger partial charge on any atom is -0.459 e. The van der Waals surface area contributed by atoms with Gasteiger partial charge in [0.25, 0.3) is 5.89 Å². The summed E-state index contributed by atoms with van der Waals surface area (Å²) in [5, 5.41) is 8.72. The van der Waals surface area contributed by atoms with Crippen molar-refractivity contribution >= 4 is 22.9 Å². The zero-order valence-corrected chi connectivity index (χ0v) is 11.4. The van der Waals surface area contributed by atoms with E-state index in [1.165, 1.54) is 18.1 Å². The van der Waals surface area contributed by atoms with Crippen LogP contribution in [0.1, 0.15) is 5.89 Å². The Balaban J connectivity index is 1.53. The van der Waals surface area contributed by atoms with Crippen LogP contribution in [-0.4, -0.2) is 30.1 Å². The molecule has 104 valence electrons. The molecule has 21 heavy (non-hydrogen) atoms. The molecule has 0 aromatic carbocycles. The normalized spacial score (nSPS) is 11.2. The number of H-pyrrole nitrogens is 1. The molecule has 0 saturated heterocycles. The maximum absolute atomic E-state index is 5.54. The topological polar surface area (TPSA) is 107 Å². The molecule has 0 atom stereocenters. The Morgan fingerprint density at radius 3 is 3.10 bits per heavy atom. The van der Waals surface area contributed by atoms with E-state index in [0.29, 0.717) is 28.9 Å². The zero-order chi connectivity index (χ0) is 14.1. The third-order valence-electron chi connectivity index (χ3n) is 2.72. The lowest BCUT2D eigenvalue weighted by Gasteiger charge is -1.97. The summed E-state index contributed by atoms with van der Waals surface area (Å²) in [6.07, 6.45) is 4.63. The van der Waals surface area contributed by atoms with Gasteiger partial charge in [-0.25, -0.2) is 15.0 Å². The summed E-state index contributed by atoms with van der Waals surface area (Å²) in [6.45, 7) is 0. The standard InChI is InChI=1S/C12H8N6O2S/c1-2-7(19-3-1)11-18-17-8(20-11)4-21-12-9-10(14-5-13-9)15-6-16-12/h1-3,5-6H,4H2,(H,13,14,15,16). The Hall–Kier alpha value is -2.68. The number of nitrogens with one attached hydrogen (secondary N) is 1. The fourth-order valence-corrected chi connectivity index (χ4v) is 2.59. The maximum atomic E-state index is 5.54. The lowest BCUT2D eigenvalue weighted by molar-refractivity contribution is 0.494. The van der Waals surface area contributed by atoms with Gasteiger partial charge in [-0.3, -0.25) is 0 Å². The third-order valence-corrected chi connectivity index (χ3v) is 3.69. The van der Waals surface area contributed by atoms with Crippen molar-refractivity contribution in [1.82, 2.24) is 30.1 Å². The first-order valence-electron chi connectivity index (χ1n) is 6.03. The van der Waals surface area contributed by atoms with Gasteiger partial charge < -0.3 is 13.8 Å². The molecule has 0 aliphatic carbocycles. The summed E-state index contributed by atoms with van der Waals surface area (Å²) in [7, 11) is 0. The average Bonchev–Trinajstić information content (AvgIpc) is 3.23. The zero-order valence-electron chi connectivity index (χ0n) is 10.6. The second kappa shape index (κ2) is 5.02. The van der Waals surface area contributed by atoms with Gasteiger partial charge in [0.1, 0.15) is 16.9 Å². The number of fused-ring (bicyclic) bond motifs is 1. The van der Waals surface area contributed by atoms with Crippen LogP contribution in [-0.2, 0) is 5.75 Å². The molecule has 4 aromatic rings. The first-order chi connectivity index (χ1) is 10.4. The molecule has 4 rings (SSSR count). The van der Waals surface area contributed by atoms with Crippen molar-refractivity contribution in [1.29, 1.82) is 0 Å². The molecule has 9 heteroatoms. The number of thioether (sulfide) groups is 1. The van der Waals surface area contributed by atoms with Crippen LogP contribution < -0.4 is 0 Å². The Morgan fingerprint density at radius 1 is 1.19 bits per heavy atom. The van der Waals surface area contributed by atoms with Crippen molar-refractivity contribution in [2.24, 2.45) is 0 Å². The summed E-state index contributed by atoms with van der Waals surface area (Å²) < 4.78 is 10.7. The number of imidazole rings is 1. The molecular weight excluding hydrogens is 292 g/mol. The van der Waals surface area contributed by atoms with Crippen LogP contribution in [0, 0.1) is 0 Å². The number of hydrogen-bond acceptors (Lipinski definition) is 8. The van der Waals surface area contributed by atoms with Crippen LogP contribution in [0.5, 0.6) is 0 Å². The monoisotopic (exact) mass is 300 g/mol. The number of hydrogen-bond donors (Lipinski definition) is 1. The van der Waals surface area contributed by atoms with Crippen molar-refractivity contribution in [3.63, 3.8) is 0 Å². The molecule has 0 amide bonds. The smallest absolute Gasteiger partial charge is 0.283 e. The van der Waals surface area contributed by atoms with E-state index >= 15 is 0 Å². The largest absolute Gasteiger partial charge is 0.459 e. The van der Waals surface area contributed by atoms with Crippen LogP contribution in [0.15, 0.2) is 44.9 Å². The molecule has 4 heterocycles.